The Bertz CT molecular complexity index is 734. The van der Waals surface area contributed by atoms with Crippen molar-refractivity contribution in [2.24, 2.45) is 0 Å². The number of carbonyl (C=O) groups excluding carboxylic acids is 1. The van der Waals surface area contributed by atoms with Crippen LogP contribution in [0.2, 0.25) is 5.02 Å². The van der Waals surface area contributed by atoms with E-state index in [1.165, 1.54) is 30.3 Å². The lowest BCUT2D eigenvalue weighted by atomic mass is 10.1. The molecule has 0 saturated heterocycles. The molecule has 0 unspecified atom stereocenters. The largest absolute Gasteiger partial charge is 0.478 e. The van der Waals surface area contributed by atoms with Crippen molar-refractivity contribution in [2.75, 3.05) is 11.1 Å². The molecule has 2 aromatic carbocycles. The highest BCUT2D eigenvalue weighted by molar-refractivity contribution is 6.33. The molecule has 1 amide bonds. The molecule has 0 radical (unpaired) electrons. The molecule has 0 aromatic heterocycles. The summed E-state index contributed by atoms with van der Waals surface area (Å²) in [5, 5.41) is 11.5. The highest BCUT2D eigenvalue weighted by Gasteiger charge is 2.18. The molecule has 2 rings (SSSR count). The van der Waals surface area contributed by atoms with Gasteiger partial charge in [-0.05, 0) is 30.3 Å². The zero-order chi connectivity index (χ0) is 15.6. The maximum Gasteiger partial charge on any atom is 0.340 e. The summed E-state index contributed by atoms with van der Waals surface area (Å²) in [7, 11) is 0. The average Bonchev–Trinajstić information content (AvgIpc) is 2.41. The maximum absolute atomic E-state index is 13.5. The van der Waals surface area contributed by atoms with Crippen LogP contribution in [0.25, 0.3) is 0 Å². The highest BCUT2D eigenvalue weighted by Crippen LogP contribution is 2.22. The van der Waals surface area contributed by atoms with E-state index in [-0.39, 0.29) is 16.3 Å². The van der Waals surface area contributed by atoms with Gasteiger partial charge in [-0.2, -0.15) is 0 Å². The third-order valence-corrected chi connectivity index (χ3v) is 3.07. The summed E-state index contributed by atoms with van der Waals surface area (Å²) in [5.74, 6) is -3.03. The molecule has 21 heavy (non-hydrogen) atoms. The van der Waals surface area contributed by atoms with E-state index in [1.807, 2.05) is 0 Å². The topological polar surface area (TPSA) is 92.4 Å². The first-order valence-electron chi connectivity index (χ1n) is 5.78. The Kier molecular flexibility index (Phi) is 4.09. The molecule has 0 fully saturated rings. The predicted octanol–water partition coefficient (Wildman–Crippen LogP) is 3.01. The van der Waals surface area contributed by atoms with Gasteiger partial charge in [0, 0.05) is 5.56 Å². The molecule has 0 heterocycles. The minimum absolute atomic E-state index is 0.138. The monoisotopic (exact) mass is 308 g/mol. The van der Waals surface area contributed by atoms with Gasteiger partial charge >= 0.3 is 5.97 Å². The Morgan fingerprint density at radius 2 is 1.95 bits per heavy atom. The number of nitrogen functional groups attached to an aromatic ring is 1. The quantitative estimate of drug-likeness (QED) is 0.760. The van der Waals surface area contributed by atoms with Crippen molar-refractivity contribution in [2.45, 2.75) is 0 Å². The Balaban J connectivity index is 2.34. The van der Waals surface area contributed by atoms with E-state index < -0.39 is 23.3 Å². The number of hydrogen-bond acceptors (Lipinski definition) is 3. The number of aromatic carboxylic acids is 1. The fourth-order valence-electron chi connectivity index (χ4n) is 1.71. The van der Waals surface area contributed by atoms with Gasteiger partial charge in [0.1, 0.15) is 11.4 Å². The van der Waals surface area contributed by atoms with E-state index in [1.54, 1.807) is 0 Å². The first-order valence-corrected chi connectivity index (χ1v) is 6.16. The molecule has 7 heteroatoms. The zero-order valence-electron chi connectivity index (χ0n) is 10.6. The predicted molar refractivity (Wildman–Crippen MR) is 77.2 cm³/mol. The normalized spacial score (nSPS) is 10.2. The van der Waals surface area contributed by atoms with Gasteiger partial charge < -0.3 is 16.2 Å². The van der Waals surface area contributed by atoms with Crippen molar-refractivity contribution < 1.29 is 19.1 Å². The van der Waals surface area contributed by atoms with Crippen LogP contribution >= 0.6 is 11.6 Å². The second-order valence-electron chi connectivity index (χ2n) is 4.16. The number of carboxylic acids is 1. The fourth-order valence-corrected chi connectivity index (χ4v) is 1.89. The number of hydrogen-bond donors (Lipinski definition) is 3. The third kappa shape index (κ3) is 3.11. The number of carboxylic acid groups (broad SMARTS) is 1. The summed E-state index contributed by atoms with van der Waals surface area (Å²) in [6, 6.07) is 7.80. The van der Waals surface area contributed by atoms with Gasteiger partial charge in [-0.1, -0.05) is 17.7 Å². The molecule has 108 valence electrons. The van der Waals surface area contributed by atoms with Crippen LogP contribution in [0.1, 0.15) is 20.7 Å². The second-order valence-corrected chi connectivity index (χ2v) is 4.57. The Labute approximate surface area is 124 Å². The van der Waals surface area contributed by atoms with Crippen LogP contribution in [0.3, 0.4) is 0 Å². The lowest BCUT2D eigenvalue weighted by molar-refractivity contribution is 0.0693. The van der Waals surface area contributed by atoms with Crippen molar-refractivity contribution in [3.8, 4) is 0 Å². The number of rotatable bonds is 3. The van der Waals surface area contributed by atoms with Crippen molar-refractivity contribution in [3.63, 3.8) is 0 Å². The molecule has 0 saturated carbocycles. The van der Waals surface area contributed by atoms with E-state index in [0.29, 0.717) is 5.69 Å². The zero-order valence-corrected chi connectivity index (χ0v) is 11.3. The first kappa shape index (κ1) is 14.8. The van der Waals surface area contributed by atoms with Crippen molar-refractivity contribution in [3.05, 3.63) is 58.4 Å². The summed E-state index contributed by atoms with van der Waals surface area (Å²) in [6.07, 6.45) is 0. The summed E-state index contributed by atoms with van der Waals surface area (Å²) in [4.78, 5) is 23.1. The summed E-state index contributed by atoms with van der Waals surface area (Å²) >= 11 is 5.81. The van der Waals surface area contributed by atoms with E-state index in [4.69, 9.17) is 22.4 Å². The molecule has 4 N–H and O–H groups in total. The molecule has 2 aromatic rings. The van der Waals surface area contributed by atoms with Crippen LogP contribution in [0, 0.1) is 5.82 Å². The lowest BCUT2D eigenvalue weighted by Crippen LogP contribution is -2.16. The Morgan fingerprint density at radius 1 is 1.24 bits per heavy atom. The molecular weight excluding hydrogens is 299 g/mol. The average molecular weight is 309 g/mol. The van der Waals surface area contributed by atoms with Gasteiger partial charge in [-0.3, -0.25) is 4.79 Å². The minimum atomic E-state index is -1.47. The van der Waals surface area contributed by atoms with Crippen LogP contribution in [-0.4, -0.2) is 17.0 Å². The minimum Gasteiger partial charge on any atom is -0.478 e. The number of carbonyl (C=O) groups is 2. The third-order valence-electron chi connectivity index (χ3n) is 2.74. The molecule has 0 atom stereocenters. The molecule has 0 aliphatic heterocycles. The number of halogens is 2. The van der Waals surface area contributed by atoms with E-state index in [2.05, 4.69) is 5.32 Å². The summed E-state index contributed by atoms with van der Waals surface area (Å²) < 4.78 is 13.5. The number of amides is 1. The molecule has 0 spiro atoms. The van der Waals surface area contributed by atoms with E-state index in [9.17, 15) is 14.0 Å². The number of nitrogens with one attached hydrogen (secondary N) is 1. The van der Waals surface area contributed by atoms with Gasteiger partial charge in [0.05, 0.1) is 16.4 Å². The Morgan fingerprint density at radius 3 is 2.57 bits per heavy atom. The van der Waals surface area contributed by atoms with Gasteiger partial charge in [0.25, 0.3) is 5.91 Å². The number of anilines is 2. The Hall–Kier alpha value is -2.60. The van der Waals surface area contributed by atoms with Crippen molar-refractivity contribution in [1.29, 1.82) is 0 Å². The van der Waals surface area contributed by atoms with Crippen LogP contribution in [-0.2, 0) is 0 Å². The van der Waals surface area contributed by atoms with E-state index >= 15 is 0 Å². The standard InChI is InChI=1S/C14H10ClFN2O3/c15-8-6-7(4-5-10(8)17)13(19)18-11-3-1-2-9(16)12(11)14(20)21/h1-6H,17H2,(H,18,19)(H,20,21). The van der Waals surface area contributed by atoms with Crippen molar-refractivity contribution in [1.82, 2.24) is 0 Å². The molecule has 0 aliphatic carbocycles. The smallest absolute Gasteiger partial charge is 0.340 e. The van der Waals surface area contributed by atoms with Crippen molar-refractivity contribution >= 4 is 34.9 Å². The van der Waals surface area contributed by atoms with Gasteiger partial charge in [0.15, 0.2) is 0 Å². The van der Waals surface area contributed by atoms with Crippen LogP contribution in [0.15, 0.2) is 36.4 Å². The SMILES string of the molecule is Nc1ccc(C(=O)Nc2cccc(F)c2C(=O)O)cc1Cl. The van der Waals surface area contributed by atoms with Gasteiger partial charge in [-0.15, -0.1) is 0 Å². The van der Waals surface area contributed by atoms with Gasteiger partial charge in [-0.25, -0.2) is 9.18 Å². The molecule has 0 bridgehead atoms. The summed E-state index contributed by atoms with van der Waals surface area (Å²) in [5.41, 5.74) is 5.28. The van der Waals surface area contributed by atoms with Crippen LogP contribution < -0.4 is 11.1 Å². The number of benzene rings is 2. The molecule has 5 nitrogen and oxygen atoms in total. The fraction of sp³-hybridized carbons (Fsp3) is 0. The summed E-state index contributed by atoms with van der Waals surface area (Å²) in [6.45, 7) is 0. The first-order chi connectivity index (χ1) is 9.90. The second kappa shape index (κ2) is 5.80. The highest BCUT2D eigenvalue weighted by atomic mass is 35.5. The number of nitrogens with two attached hydrogens (primary N) is 1. The lowest BCUT2D eigenvalue weighted by Gasteiger charge is -2.09. The van der Waals surface area contributed by atoms with Gasteiger partial charge in [0.2, 0.25) is 0 Å². The maximum atomic E-state index is 13.5. The van der Waals surface area contributed by atoms with Crippen LogP contribution in [0.5, 0.6) is 0 Å². The molecule has 0 aliphatic rings. The van der Waals surface area contributed by atoms with E-state index in [0.717, 1.165) is 6.07 Å². The molecular formula is C14H10ClFN2O3. The van der Waals surface area contributed by atoms with Crippen LogP contribution in [0.4, 0.5) is 15.8 Å².